The van der Waals surface area contributed by atoms with Crippen molar-refractivity contribution in [3.05, 3.63) is 12.0 Å². The van der Waals surface area contributed by atoms with Gasteiger partial charge in [-0.2, -0.15) is 0 Å². The molecule has 1 fully saturated rings. The van der Waals surface area contributed by atoms with Gasteiger partial charge in [0.05, 0.1) is 0 Å². The zero-order chi connectivity index (χ0) is 12.3. The van der Waals surface area contributed by atoms with Gasteiger partial charge in [-0.1, -0.05) is 0 Å². The molecule has 2 rings (SSSR count). The van der Waals surface area contributed by atoms with E-state index in [9.17, 15) is 4.79 Å². The van der Waals surface area contributed by atoms with Gasteiger partial charge < -0.3 is 20.1 Å². The second-order valence-electron chi connectivity index (χ2n) is 4.58. The maximum atomic E-state index is 12.3. The molecule has 0 saturated carbocycles. The lowest BCUT2D eigenvalue weighted by atomic mass is 9.96. The molecular weight excluding hydrogens is 220 g/mol. The molecule has 5 nitrogen and oxygen atoms in total. The lowest BCUT2D eigenvalue weighted by Crippen LogP contribution is -2.52. The topological polar surface area (TPSA) is 64.8 Å². The van der Waals surface area contributed by atoms with E-state index in [0.29, 0.717) is 25.5 Å². The Morgan fingerprint density at radius 3 is 3.00 bits per heavy atom. The average molecular weight is 240 g/mol. The summed E-state index contributed by atoms with van der Waals surface area (Å²) in [6, 6.07) is 0.342. The van der Waals surface area contributed by atoms with E-state index >= 15 is 0 Å². The monoisotopic (exact) mass is 240 g/mol. The van der Waals surface area contributed by atoms with E-state index in [1.165, 1.54) is 6.26 Å². The number of amides is 1. The van der Waals surface area contributed by atoms with E-state index in [4.69, 9.17) is 15.2 Å². The fourth-order valence-electron chi connectivity index (χ4n) is 2.49. The minimum atomic E-state index is -0.0904. The number of carbonyl (C=O) groups excluding carboxylic acids is 1. The summed E-state index contributed by atoms with van der Waals surface area (Å²) in [6.07, 6.45) is 4.54. The highest BCUT2D eigenvalue weighted by Crippen LogP contribution is 2.24. The lowest BCUT2D eigenvalue weighted by Gasteiger charge is -2.40. The molecule has 2 heterocycles. The van der Waals surface area contributed by atoms with Gasteiger partial charge in [-0.05, 0) is 26.2 Å². The Labute approximate surface area is 102 Å². The van der Waals surface area contributed by atoms with Gasteiger partial charge in [0.1, 0.15) is 19.5 Å². The third-order valence-corrected chi connectivity index (χ3v) is 3.39. The fourth-order valence-corrected chi connectivity index (χ4v) is 2.49. The number of nitrogens with zero attached hydrogens (tertiary/aromatic N) is 1. The zero-order valence-corrected chi connectivity index (χ0v) is 10.2. The van der Waals surface area contributed by atoms with Crippen LogP contribution in [-0.2, 0) is 14.3 Å². The van der Waals surface area contributed by atoms with Gasteiger partial charge in [-0.3, -0.25) is 4.79 Å². The third-order valence-electron chi connectivity index (χ3n) is 3.39. The molecule has 0 spiro atoms. The second kappa shape index (κ2) is 5.40. The minimum Gasteiger partial charge on any atom is -0.494 e. The number of rotatable bonds is 2. The van der Waals surface area contributed by atoms with E-state index in [-0.39, 0.29) is 18.0 Å². The average Bonchev–Trinajstić information content (AvgIpc) is 2.38. The maximum absolute atomic E-state index is 12.3. The first-order chi connectivity index (χ1) is 8.24. The van der Waals surface area contributed by atoms with E-state index in [1.807, 2.05) is 4.90 Å². The molecule has 0 radical (unpaired) electrons. The van der Waals surface area contributed by atoms with Crippen molar-refractivity contribution in [1.82, 2.24) is 4.90 Å². The molecule has 0 bridgehead atoms. The molecule has 0 aromatic heterocycles. The smallest absolute Gasteiger partial charge is 0.292 e. The van der Waals surface area contributed by atoms with Gasteiger partial charge >= 0.3 is 0 Å². The molecule has 2 aliphatic rings. The van der Waals surface area contributed by atoms with Crippen LogP contribution in [0.4, 0.5) is 0 Å². The van der Waals surface area contributed by atoms with Crippen molar-refractivity contribution < 1.29 is 14.3 Å². The van der Waals surface area contributed by atoms with Crippen LogP contribution in [0.25, 0.3) is 0 Å². The first-order valence-electron chi connectivity index (χ1n) is 6.21. The van der Waals surface area contributed by atoms with Gasteiger partial charge in [0.25, 0.3) is 5.91 Å². The third kappa shape index (κ3) is 2.54. The Kier molecular flexibility index (Phi) is 3.89. The van der Waals surface area contributed by atoms with Gasteiger partial charge in [-0.25, -0.2) is 0 Å². The largest absolute Gasteiger partial charge is 0.494 e. The second-order valence-corrected chi connectivity index (χ2v) is 4.58. The van der Waals surface area contributed by atoms with Crippen LogP contribution in [-0.4, -0.2) is 42.6 Å². The lowest BCUT2D eigenvalue weighted by molar-refractivity contribution is -0.138. The molecule has 1 amide bonds. The molecule has 5 heteroatoms. The summed E-state index contributed by atoms with van der Waals surface area (Å²) in [6.45, 7) is 3.51. The first-order valence-corrected chi connectivity index (χ1v) is 6.21. The van der Waals surface area contributed by atoms with Crippen molar-refractivity contribution >= 4 is 5.91 Å². The zero-order valence-electron chi connectivity index (χ0n) is 10.2. The van der Waals surface area contributed by atoms with Crippen molar-refractivity contribution in [3.63, 3.8) is 0 Å². The van der Waals surface area contributed by atoms with Crippen LogP contribution in [0.15, 0.2) is 12.0 Å². The minimum absolute atomic E-state index is 0.0904. The molecule has 0 aliphatic carbocycles. The summed E-state index contributed by atoms with van der Waals surface area (Å²) in [5.74, 6) is 0.218. The quantitative estimate of drug-likeness (QED) is 0.767. The van der Waals surface area contributed by atoms with Crippen LogP contribution in [0, 0.1) is 0 Å². The van der Waals surface area contributed by atoms with Crippen molar-refractivity contribution in [3.8, 4) is 0 Å². The Morgan fingerprint density at radius 2 is 2.35 bits per heavy atom. The summed E-state index contributed by atoms with van der Waals surface area (Å²) in [5.41, 5.74) is 5.74. The fraction of sp³-hybridized carbons (Fsp3) is 0.750. The summed E-state index contributed by atoms with van der Waals surface area (Å²) in [5, 5.41) is 0. The van der Waals surface area contributed by atoms with E-state index in [1.54, 1.807) is 0 Å². The van der Waals surface area contributed by atoms with Crippen LogP contribution < -0.4 is 5.73 Å². The SMILES string of the molecule is CC1CCCC(CN)N1C(=O)C1=COCCO1. The van der Waals surface area contributed by atoms with Crippen LogP contribution in [0.1, 0.15) is 26.2 Å². The maximum Gasteiger partial charge on any atom is 0.292 e. The van der Waals surface area contributed by atoms with Crippen LogP contribution >= 0.6 is 0 Å². The van der Waals surface area contributed by atoms with Crippen LogP contribution in [0.5, 0.6) is 0 Å². The number of hydrogen-bond donors (Lipinski definition) is 1. The molecule has 2 aliphatic heterocycles. The summed E-state index contributed by atoms with van der Waals surface area (Å²) in [4.78, 5) is 14.2. The Morgan fingerprint density at radius 1 is 1.53 bits per heavy atom. The van der Waals surface area contributed by atoms with E-state index in [2.05, 4.69) is 6.92 Å². The molecule has 96 valence electrons. The molecule has 1 saturated heterocycles. The Balaban J connectivity index is 2.11. The van der Waals surface area contributed by atoms with E-state index in [0.717, 1.165) is 19.3 Å². The summed E-state index contributed by atoms with van der Waals surface area (Å²) >= 11 is 0. The predicted octanol–water partition coefficient (Wildman–Crippen LogP) is 0.603. The Hall–Kier alpha value is -1.23. The van der Waals surface area contributed by atoms with Crippen molar-refractivity contribution in [2.75, 3.05) is 19.8 Å². The molecule has 0 aromatic carbocycles. The molecule has 2 N–H and O–H groups in total. The van der Waals surface area contributed by atoms with Gasteiger partial charge in [0, 0.05) is 18.6 Å². The predicted molar refractivity (Wildman–Crippen MR) is 63.0 cm³/mol. The van der Waals surface area contributed by atoms with Crippen LogP contribution in [0.3, 0.4) is 0 Å². The number of piperidine rings is 1. The summed E-state index contributed by atoms with van der Waals surface area (Å²) < 4.78 is 10.5. The van der Waals surface area contributed by atoms with Crippen molar-refractivity contribution in [1.29, 1.82) is 0 Å². The van der Waals surface area contributed by atoms with Crippen molar-refractivity contribution in [2.45, 2.75) is 38.3 Å². The Bertz CT molecular complexity index is 317. The van der Waals surface area contributed by atoms with Gasteiger partial charge in [-0.15, -0.1) is 0 Å². The molecule has 2 atom stereocenters. The molecular formula is C12H20N2O3. The number of hydrogen-bond acceptors (Lipinski definition) is 4. The number of ether oxygens (including phenoxy) is 2. The molecule has 2 unspecified atom stereocenters. The first kappa shape index (κ1) is 12.2. The highest BCUT2D eigenvalue weighted by molar-refractivity contribution is 5.91. The van der Waals surface area contributed by atoms with Crippen LogP contribution in [0.2, 0.25) is 0 Å². The van der Waals surface area contributed by atoms with Gasteiger partial charge in [0.15, 0.2) is 0 Å². The van der Waals surface area contributed by atoms with Crippen molar-refractivity contribution in [2.24, 2.45) is 5.73 Å². The number of carbonyl (C=O) groups is 1. The van der Waals surface area contributed by atoms with E-state index < -0.39 is 0 Å². The number of nitrogens with two attached hydrogens (primary N) is 1. The van der Waals surface area contributed by atoms with Gasteiger partial charge in [0.2, 0.25) is 5.76 Å². The normalized spacial score (nSPS) is 29.1. The molecule has 0 aromatic rings. The highest BCUT2D eigenvalue weighted by atomic mass is 16.6. The standard InChI is InChI=1S/C12H20N2O3/c1-9-3-2-4-10(7-13)14(9)12(15)11-8-16-5-6-17-11/h8-10H,2-7,13H2,1H3. The highest BCUT2D eigenvalue weighted by Gasteiger charge is 2.33. The molecule has 17 heavy (non-hydrogen) atoms. The number of likely N-dealkylation sites (tertiary alicyclic amines) is 1. The summed E-state index contributed by atoms with van der Waals surface area (Å²) in [7, 11) is 0.